The number of esters is 1. The quantitative estimate of drug-likeness (QED) is 0.621. The molecule has 1 fully saturated rings. The van der Waals surface area contributed by atoms with Gasteiger partial charge in [-0.2, -0.15) is 0 Å². The molecule has 1 aliphatic rings. The van der Waals surface area contributed by atoms with E-state index in [4.69, 9.17) is 9.47 Å². The Morgan fingerprint density at radius 3 is 2.33 bits per heavy atom. The minimum absolute atomic E-state index is 0.0313. The lowest BCUT2D eigenvalue weighted by Gasteiger charge is -2.28. The van der Waals surface area contributed by atoms with E-state index in [0.29, 0.717) is 17.0 Å². The zero-order valence-electron chi connectivity index (χ0n) is 18.3. The molecule has 0 aliphatic heterocycles. The molecule has 2 aromatic carbocycles. The van der Waals surface area contributed by atoms with Gasteiger partial charge in [0.25, 0.3) is 0 Å². The van der Waals surface area contributed by atoms with E-state index in [-0.39, 0.29) is 18.6 Å². The van der Waals surface area contributed by atoms with Gasteiger partial charge in [0.05, 0.1) is 18.1 Å². The highest BCUT2D eigenvalue weighted by molar-refractivity contribution is 6.01. The topological polar surface area (TPSA) is 64.6 Å². The predicted octanol–water partition coefficient (Wildman–Crippen LogP) is 5.41. The Balaban J connectivity index is 1.90. The van der Waals surface area contributed by atoms with Gasteiger partial charge in [0.2, 0.25) is 5.91 Å². The number of hydrogen-bond donors (Lipinski definition) is 1. The SMILES string of the molecule is CCOC(=O)c1cc(NC(=O)C2(c3ccc(C)cc3)CCCC2)ccc1OC(C)C. The number of benzene rings is 2. The average molecular weight is 410 g/mol. The largest absolute Gasteiger partial charge is 0.490 e. The van der Waals surface area contributed by atoms with Crippen LogP contribution in [0.2, 0.25) is 0 Å². The summed E-state index contributed by atoms with van der Waals surface area (Å²) in [7, 11) is 0. The molecule has 0 aromatic heterocycles. The Morgan fingerprint density at radius 1 is 1.07 bits per heavy atom. The van der Waals surface area contributed by atoms with Gasteiger partial charge in [-0.25, -0.2) is 4.79 Å². The van der Waals surface area contributed by atoms with Gasteiger partial charge >= 0.3 is 5.97 Å². The van der Waals surface area contributed by atoms with Crippen molar-refractivity contribution in [3.05, 3.63) is 59.2 Å². The molecule has 0 unspecified atom stereocenters. The first kappa shape index (κ1) is 21.9. The van der Waals surface area contributed by atoms with E-state index in [2.05, 4.69) is 29.6 Å². The molecule has 0 atom stereocenters. The Kier molecular flexibility index (Phi) is 6.80. The van der Waals surface area contributed by atoms with Crippen molar-refractivity contribution in [2.45, 2.75) is 64.9 Å². The molecule has 1 aliphatic carbocycles. The fourth-order valence-corrected chi connectivity index (χ4v) is 4.08. The smallest absolute Gasteiger partial charge is 0.341 e. The van der Waals surface area contributed by atoms with Gasteiger partial charge < -0.3 is 14.8 Å². The van der Waals surface area contributed by atoms with Crippen molar-refractivity contribution < 1.29 is 19.1 Å². The van der Waals surface area contributed by atoms with Crippen LogP contribution in [0.5, 0.6) is 5.75 Å². The third-order valence-electron chi connectivity index (χ3n) is 5.59. The van der Waals surface area contributed by atoms with Gasteiger partial charge in [-0.1, -0.05) is 42.7 Å². The van der Waals surface area contributed by atoms with Crippen LogP contribution in [0.3, 0.4) is 0 Å². The van der Waals surface area contributed by atoms with Crippen LogP contribution in [-0.2, 0) is 14.9 Å². The molecule has 1 saturated carbocycles. The molecule has 5 nitrogen and oxygen atoms in total. The highest BCUT2D eigenvalue weighted by Crippen LogP contribution is 2.42. The number of nitrogens with one attached hydrogen (secondary N) is 1. The predicted molar refractivity (Wildman–Crippen MR) is 118 cm³/mol. The van der Waals surface area contributed by atoms with Crippen molar-refractivity contribution >= 4 is 17.6 Å². The normalized spacial score (nSPS) is 15.1. The van der Waals surface area contributed by atoms with Crippen molar-refractivity contribution in [3.63, 3.8) is 0 Å². The van der Waals surface area contributed by atoms with E-state index < -0.39 is 11.4 Å². The maximum absolute atomic E-state index is 13.4. The summed E-state index contributed by atoms with van der Waals surface area (Å²) in [6, 6.07) is 13.4. The number of hydrogen-bond acceptors (Lipinski definition) is 4. The summed E-state index contributed by atoms with van der Waals surface area (Å²) in [5.41, 5.74) is 2.57. The molecule has 0 bridgehead atoms. The molecule has 0 spiro atoms. The molecular formula is C25H31NO4. The second-order valence-electron chi connectivity index (χ2n) is 8.21. The molecule has 5 heteroatoms. The van der Waals surface area contributed by atoms with Crippen LogP contribution in [0.15, 0.2) is 42.5 Å². The molecule has 1 amide bonds. The van der Waals surface area contributed by atoms with Crippen LogP contribution in [0, 0.1) is 6.92 Å². The van der Waals surface area contributed by atoms with Gasteiger partial charge in [-0.15, -0.1) is 0 Å². The van der Waals surface area contributed by atoms with E-state index in [1.807, 2.05) is 20.8 Å². The summed E-state index contributed by atoms with van der Waals surface area (Å²) in [5, 5.41) is 3.05. The van der Waals surface area contributed by atoms with Crippen LogP contribution in [-0.4, -0.2) is 24.6 Å². The molecule has 2 aromatic rings. The van der Waals surface area contributed by atoms with E-state index in [1.165, 1.54) is 5.56 Å². The Morgan fingerprint density at radius 2 is 1.73 bits per heavy atom. The monoisotopic (exact) mass is 409 g/mol. The third-order valence-corrected chi connectivity index (χ3v) is 5.59. The highest BCUT2D eigenvalue weighted by Gasteiger charge is 2.42. The first-order valence-corrected chi connectivity index (χ1v) is 10.7. The zero-order valence-corrected chi connectivity index (χ0v) is 18.3. The van der Waals surface area contributed by atoms with Crippen molar-refractivity contribution in [1.82, 2.24) is 0 Å². The minimum atomic E-state index is -0.537. The Hall–Kier alpha value is -2.82. The molecule has 0 radical (unpaired) electrons. The summed E-state index contributed by atoms with van der Waals surface area (Å²) in [5.74, 6) is -0.0369. The first-order chi connectivity index (χ1) is 14.4. The lowest BCUT2D eigenvalue weighted by molar-refractivity contribution is -0.121. The first-order valence-electron chi connectivity index (χ1n) is 10.7. The second kappa shape index (κ2) is 9.33. The number of carbonyl (C=O) groups excluding carboxylic acids is 2. The van der Waals surface area contributed by atoms with Crippen molar-refractivity contribution in [3.8, 4) is 5.75 Å². The summed E-state index contributed by atoms with van der Waals surface area (Å²) < 4.78 is 10.9. The van der Waals surface area contributed by atoms with Gasteiger partial charge in [0.15, 0.2) is 0 Å². The van der Waals surface area contributed by atoms with Crippen molar-refractivity contribution in [2.75, 3.05) is 11.9 Å². The molecule has 1 N–H and O–H groups in total. The Bertz CT molecular complexity index is 896. The number of anilines is 1. The van der Waals surface area contributed by atoms with Crippen molar-refractivity contribution in [2.24, 2.45) is 0 Å². The van der Waals surface area contributed by atoms with Crippen LogP contribution >= 0.6 is 0 Å². The zero-order chi connectivity index (χ0) is 21.7. The fourth-order valence-electron chi connectivity index (χ4n) is 4.08. The standard InChI is InChI=1S/C25H31NO4/c1-5-29-23(27)21-16-20(12-13-22(21)30-17(2)3)26-24(28)25(14-6-7-15-25)19-10-8-18(4)9-11-19/h8-13,16-17H,5-7,14-15H2,1-4H3,(H,26,28). The van der Waals surface area contributed by atoms with Crippen molar-refractivity contribution in [1.29, 1.82) is 0 Å². The van der Waals surface area contributed by atoms with Crippen LogP contribution in [0.1, 0.15) is 67.9 Å². The Labute approximate surface area is 178 Å². The number of amides is 1. The second-order valence-corrected chi connectivity index (χ2v) is 8.21. The molecular weight excluding hydrogens is 378 g/mol. The third kappa shape index (κ3) is 4.66. The van der Waals surface area contributed by atoms with Gasteiger partial charge in [-0.05, 0) is 64.3 Å². The number of carbonyl (C=O) groups is 2. The van der Waals surface area contributed by atoms with Crippen LogP contribution in [0.25, 0.3) is 0 Å². The molecule has 30 heavy (non-hydrogen) atoms. The van der Waals surface area contributed by atoms with Gasteiger partial charge in [0.1, 0.15) is 11.3 Å². The highest BCUT2D eigenvalue weighted by atomic mass is 16.5. The van der Waals surface area contributed by atoms with E-state index in [9.17, 15) is 9.59 Å². The van der Waals surface area contributed by atoms with E-state index >= 15 is 0 Å². The van der Waals surface area contributed by atoms with Crippen LogP contribution in [0.4, 0.5) is 5.69 Å². The summed E-state index contributed by atoms with van der Waals surface area (Å²) >= 11 is 0. The maximum Gasteiger partial charge on any atom is 0.341 e. The van der Waals surface area contributed by atoms with Gasteiger partial charge in [0, 0.05) is 5.69 Å². The summed E-state index contributed by atoms with van der Waals surface area (Å²) in [6.07, 6.45) is 3.61. The van der Waals surface area contributed by atoms with Gasteiger partial charge in [-0.3, -0.25) is 4.79 Å². The van der Waals surface area contributed by atoms with E-state index in [1.54, 1.807) is 25.1 Å². The molecule has 160 valence electrons. The maximum atomic E-state index is 13.4. The summed E-state index contributed by atoms with van der Waals surface area (Å²) in [6.45, 7) is 7.87. The van der Waals surface area contributed by atoms with E-state index in [0.717, 1.165) is 31.2 Å². The molecule has 0 saturated heterocycles. The fraction of sp³-hybridized carbons (Fsp3) is 0.440. The molecule has 3 rings (SSSR count). The van der Waals surface area contributed by atoms with Crippen LogP contribution < -0.4 is 10.1 Å². The average Bonchev–Trinajstić information content (AvgIpc) is 3.20. The number of aryl methyl sites for hydroxylation is 1. The molecule has 0 heterocycles. The number of rotatable bonds is 7. The minimum Gasteiger partial charge on any atom is -0.490 e. The summed E-state index contributed by atoms with van der Waals surface area (Å²) in [4.78, 5) is 25.9. The number of ether oxygens (including phenoxy) is 2. The lowest BCUT2D eigenvalue weighted by atomic mass is 9.77. The lowest BCUT2D eigenvalue weighted by Crippen LogP contribution is -2.38.